The van der Waals surface area contributed by atoms with Gasteiger partial charge in [0.15, 0.2) is 0 Å². The molecular formula is C25H39N3O2S2. The van der Waals surface area contributed by atoms with Crippen molar-refractivity contribution in [2.45, 2.75) is 85.5 Å². The Morgan fingerprint density at radius 3 is 2.22 bits per heavy atom. The number of amides is 1. The van der Waals surface area contributed by atoms with Crippen LogP contribution in [0.25, 0.3) is 0 Å². The number of nitrogens with zero attached hydrogens (tertiary/aromatic N) is 2. The summed E-state index contributed by atoms with van der Waals surface area (Å²) >= 11 is 3.09. The number of hydrogen-bond acceptors (Lipinski definition) is 6. The second kappa shape index (κ2) is 11.0. The van der Waals surface area contributed by atoms with Gasteiger partial charge in [0, 0.05) is 6.42 Å². The second-order valence-electron chi connectivity index (χ2n) is 10.8. The van der Waals surface area contributed by atoms with E-state index in [1.165, 1.54) is 16.9 Å². The van der Waals surface area contributed by atoms with Gasteiger partial charge in [-0.25, -0.2) is 0 Å². The van der Waals surface area contributed by atoms with E-state index in [1.54, 1.807) is 11.8 Å². The van der Waals surface area contributed by atoms with Gasteiger partial charge in [-0.05, 0) is 52.0 Å². The van der Waals surface area contributed by atoms with Crippen molar-refractivity contribution in [2.75, 3.05) is 16.8 Å². The van der Waals surface area contributed by atoms with Gasteiger partial charge < -0.3 is 5.11 Å². The highest BCUT2D eigenvalue weighted by Crippen LogP contribution is 2.40. The van der Waals surface area contributed by atoms with Gasteiger partial charge >= 0.3 is 0 Å². The Balaban J connectivity index is 1.87. The van der Waals surface area contributed by atoms with E-state index in [9.17, 15) is 9.90 Å². The van der Waals surface area contributed by atoms with Crippen molar-refractivity contribution < 1.29 is 9.90 Å². The van der Waals surface area contributed by atoms with Gasteiger partial charge in [0.2, 0.25) is 11.0 Å². The van der Waals surface area contributed by atoms with Crippen LogP contribution in [0.5, 0.6) is 5.75 Å². The number of carbonyl (C=O) groups is 1. The lowest BCUT2D eigenvalue weighted by Gasteiger charge is -2.28. The summed E-state index contributed by atoms with van der Waals surface area (Å²) in [6.45, 7) is 17.1. The number of rotatable bonds is 9. The van der Waals surface area contributed by atoms with Gasteiger partial charge in [-0.2, -0.15) is 11.8 Å². The fourth-order valence-corrected chi connectivity index (χ4v) is 5.13. The predicted octanol–water partition coefficient (Wildman–Crippen LogP) is 6.34. The van der Waals surface area contributed by atoms with Crippen LogP contribution in [0.3, 0.4) is 0 Å². The van der Waals surface area contributed by atoms with Crippen molar-refractivity contribution in [3.8, 4) is 5.75 Å². The molecule has 1 amide bonds. The monoisotopic (exact) mass is 477 g/mol. The number of aryl methyl sites for hydroxylation is 1. The van der Waals surface area contributed by atoms with Gasteiger partial charge in [0.1, 0.15) is 10.8 Å². The largest absolute Gasteiger partial charge is 0.507 e. The molecule has 0 saturated carbocycles. The van der Waals surface area contributed by atoms with Crippen LogP contribution in [0.4, 0.5) is 5.13 Å². The number of thioether (sulfide) groups is 1. The molecule has 2 rings (SSSR count). The summed E-state index contributed by atoms with van der Waals surface area (Å²) in [4.78, 5) is 12.2. The smallest absolute Gasteiger partial charge is 0.236 e. The van der Waals surface area contributed by atoms with Crippen molar-refractivity contribution in [1.29, 1.82) is 0 Å². The van der Waals surface area contributed by atoms with Crippen molar-refractivity contribution in [3.05, 3.63) is 33.8 Å². The number of aromatic hydroxyl groups is 1. The van der Waals surface area contributed by atoms with Crippen LogP contribution < -0.4 is 5.32 Å². The lowest BCUT2D eigenvalue weighted by Crippen LogP contribution is -2.18. The number of phenolic OH excluding ortho intramolecular Hbond substituents is 1. The maximum atomic E-state index is 12.2. The average molecular weight is 478 g/mol. The zero-order valence-corrected chi connectivity index (χ0v) is 22.5. The third-order valence-electron chi connectivity index (χ3n) is 5.07. The normalized spacial score (nSPS) is 12.4. The number of anilines is 1. The Kier molecular flexibility index (Phi) is 9.17. The average Bonchev–Trinajstić information content (AvgIpc) is 3.06. The summed E-state index contributed by atoms with van der Waals surface area (Å²) in [6, 6.07) is 4.29. The van der Waals surface area contributed by atoms with Gasteiger partial charge in [-0.15, -0.1) is 10.2 Å². The third-order valence-corrected chi connectivity index (χ3v) is 6.97. The number of benzene rings is 1. The SMILES string of the molecule is CC(C)Cc1nnc(NC(=O)CSCCCc2cc(C(C)(C)C)c(O)c(C(C)(C)C)c2)s1. The van der Waals surface area contributed by atoms with Crippen LogP contribution >= 0.6 is 23.1 Å². The van der Waals surface area contributed by atoms with Crippen molar-refractivity contribution in [2.24, 2.45) is 5.92 Å². The predicted molar refractivity (Wildman–Crippen MR) is 138 cm³/mol. The Morgan fingerprint density at radius 2 is 1.69 bits per heavy atom. The lowest BCUT2D eigenvalue weighted by molar-refractivity contribution is -0.113. The van der Waals surface area contributed by atoms with E-state index in [4.69, 9.17) is 0 Å². The van der Waals surface area contributed by atoms with E-state index in [0.717, 1.165) is 41.1 Å². The van der Waals surface area contributed by atoms with Crippen LogP contribution in [0, 0.1) is 5.92 Å². The molecule has 1 heterocycles. The molecule has 2 aromatic rings. The van der Waals surface area contributed by atoms with Crippen molar-refractivity contribution >= 4 is 34.1 Å². The van der Waals surface area contributed by atoms with Gasteiger partial charge in [-0.3, -0.25) is 10.1 Å². The van der Waals surface area contributed by atoms with Crippen LogP contribution in [-0.4, -0.2) is 32.7 Å². The number of carbonyl (C=O) groups excluding carboxylic acids is 1. The summed E-state index contributed by atoms with van der Waals surface area (Å²) < 4.78 is 0. The highest BCUT2D eigenvalue weighted by Gasteiger charge is 2.26. The molecule has 32 heavy (non-hydrogen) atoms. The maximum Gasteiger partial charge on any atom is 0.236 e. The topological polar surface area (TPSA) is 75.1 Å². The van der Waals surface area contributed by atoms with E-state index >= 15 is 0 Å². The van der Waals surface area contributed by atoms with Gasteiger partial charge in [0.05, 0.1) is 5.75 Å². The minimum atomic E-state index is -0.118. The molecule has 0 bridgehead atoms. The van der Waals surface area contributed by atoms with Gasteiger partial charge in [-0.1, -0.05) is 78.9 Å². The molecular weight excluding hydrogens is 438 g/mol. The molecule has 0 radical (unpaired) electrons. The van der Waals surface area contributed by atoms with Crippen LogP contribution in [0.2, 0.25) is 0 Å². The summed E-state index contributed by atoms with van der Waals surface area (Å²) in [5.41, 5.74) is 3.01. The standard InChI is InChI=1S/C25H39N3O2S2/c1-16(2)12-21-27-28-23(32-21)26-20(29)15-31-11-9-10-17-13-18(24(3,4)5)22(30)19(14-17)25(6,7)8/h13-14,16,30H,9-12,15H2,1-8H3,(H,26,28,29). The minimum absolute atomic E-state index is 0.0306. The van der Waals surface area contributed by atoms with Crippen LogP contribution in [0.1, 0.15) is 83.5 Å². The Labute approximate surface area is 201 Å². The Bertz CT molecular complexity index is 874. The molecule has 0 aliphatic heterocycles. The molecule has 0 aliphatic carbocycles. The lowest BCUT2D eigenvalue weighted by atomic mass is 9.78. The molecule has 178 valence electrons. The first-order valence-electron chi connectivity index (χ1n) is 11.3. The van der Waals surface area contributed by atoms with Gasteiger partial charge in [0.25, 0.3) is 0 Å². The molecule has 5 nitrogen and oxygen atoms in total. The van der Waals surface area contributed by atoms with E-state index in [-0.39, 0.29) is 16.7 Å². The number of hydrogen-bond donors (Lipinski definition) is 2. The summed E-state index contributed by atoms with van der Waals surface area (Å²) in [6.07, 6.45) is 2.79. The molecule has 0 atom stereocenters. The molecule has 0 spiro atoms. The fraction of sp³-hybridized carbons (Fsp3) is 0.640. The van der Waals surface area contributed by atoms with Crippen LogP contribution in [-0.2, 0) is 28.5 Å². The Morgan fingerprint density at radius 1 is 1.09 bits per heavy atom. The zero-order chi connectivity index (χ0) is 24.1. The first kappa shape index (κ1) is 26.7. The quantitative estimate of drug-likeness (QED) is 0.412. The van der Waals surface area contributed by atoms with Crippen LogP contribution in [0.15, 0.2) is 12.1 Å². The fourth-order valence-electron chi connectivity index (χ4n) is 3.42. The molecule has 1 aromatic carbocycles. The molecule has 0 aliphatic rings. The molecule has 0 unspecified atom stereocenters. The summed E-state index contributed by atoms with van der Waals surface area (Å²) in [5, 5.41) is 23.5. The molecule has 0 fully saturated rings. The van der Waals surface area contributed by atoms with E-state index in [2.05, 4.69) is 83.0 Å². The molecule has 0 saturated heterocycles. The molecule has 1 aromatic heterocycles. The number of nitrogens with one attached hydrogen (secondary N) is 1. The molecule has 7 heteroatoms. The summed E-state index contributed by atoms with van der Waals surface area (Å²) in [7, 11) is 0. The van der Waals surface area contributed by atoms with Crippen molar-refractivity contribution in [1.82, 2.24) is 10.2 Å². The first-order valence-corrected chi connectivity index (χ1v) is 13.3. The maximum absolute atomic E-state index is 12.2. The number of phenols is 1. The van der Waals surface area contributed by atoms with E-state index in [1.807, 2.05) is 0 Å². The first-order chi connectivity index (χ1) is 14.8. The number of aromatic nitrogens is 2. The Hall–Kier alpha value is -1.60. The molecule has 2 N–H and O–H groups in total. The summed E-state index contributed by atoms with van der Waals surface area (Å²) in [5.74, 6) is 2.23. The zero-order valence-electron chi connectivity index (χ0n) is 20.8. The highest BCUT2D eigenvalue weighted by molar-refractivity contribution is 7.99. The highest BCUT2D eigenvalue weighted by atomic mass is 32.2. The van der Waals surface area contributed by atoms with E-state index in [0.29, 0.717) is 22.6 Å². The van der Waals surface area contributed by atoms with E-state index < -0.39 is 0 Å². The van der Waals surface area contributed by atoms with Crippen molar-refractivity contribution in [3.63, 3.8) is 0 Å². The second-order valence-corrected chi connectivity index (χ2v) is 13.0. The minimum Gasteiger partial charge on any atom is -0.507 e. The third kappa shape index (κ3) is 8.07.